The molecule has 0 bridgehead atoms. The van der Waals surface area contributed by atoms with Crippen LogP contribution in [0.15, 0.2) is 36.5 Å². The molecule has 0 unspecified atom stereocenters. The second-order valence-corrected chi connectivity index (χ2v) is 9.59. The fraction of sp³-hybridized carbons (Fsp3) is 0.565. The van der Waals surface area contributed by atoms with Crippen LogP contribution in [0.5, 0.6) is 5.75 Å². The van der Waals surface area contributed by atoms with Crippen LogP contribution in [-0.4, -0.2) is 41.7 Å². The van der Waals surface area contributed by atoms with Crippen LogP contribution in [0.2, 0.25) is 0 Å². The van der Waals surface area contributed by atoms with Crippen LogP contribution in [0.25, 0.3) is 0 Å². The number of carbonyl (C=O) groups excluding carboxylic acids is 2. The van der Waals surface area contributed by atoms with Crippen molar-refractivity contribution in [2.24, 2.45) is 0 Å². The lowest BCUT2D eigenvalue weighted by Gasteiger charge is -2.34. The number of para-hydroxylation sites is 1. The van der Waals surface area contributed by atoms with Gasteiger partial charge < -0.3 is 14.4 Å². The standard InChI is InChI=1S/C23H35N3O4/c1-16(24-25-21(28)30-23(5,6)7)20(27)26-14-12-17(13-15-26)29-19-11-9-8-10-18(19)22(2,3)4/h8-11,17,24H,1,12-15H2,2-7H3,(H,25,28). The number of piperidine rings is 1. The van der Waals surface area contributed by atoms with E-state index in [1.807, 2.05) is 18.2 Å². The molecule has 1 aromatic rings. The summed E-state index contributed by atoms with van der Waals surface area (Å²) in [5, 5.41) is 0. The predicted octanol–water partition coefficient (Wildman–Crippen LogP) is 3.90. The first-order valence-corrected chi connectivity index (χ1v) is 10.4. The molecule has 0 aromatic heterocycles. The number of rotatable bonds is 5. The van der Waals surface area contributed by atoms with Gasteiger partial charge in [-0.1, -0.05) is 45.5 Å². The van der Waals surface area contributed by atoms with E-state index in [4.69, 9.17) is 9.47 Å². The van der Waals surface area contributed by atoms with E-state index in [1.54, 1.807) is 25.7 Å². The Balaban J connectivity index is 1.84. The molecule has 0 atom stereocenters. The molecular formula is C23H35N3O4. The highest BCUT2D eigenvalue weighted by Gasteiger charge is 2.27. The van der Waals surface area contributed by atoms with Crippen molar-refractivity contribution in [3.05, 3.63) is 42.1 Å². The molecule has 2 amide bonds. The molecule has 166 valence electrons. The highest BCUT2D eigenvalue weighted by Crippen LogP contribution is 2.32. The Morgan fingerprint density at radius 2 is 1.63 bits per heavy atom. The first-order valence-electron chi connectivity index (χ1n) is 10.4. The molecule has 2 rings (SSSR count). The summed E-state index contributed by atoms with van der Waals surface area (Å²) in [6.45, 7) is 16.6. The molecular weight excluding hydrogens is 382 g/mol. The number of likely N-dealkylation sites (tertiary alicyclic amines) is 1. The van der Waals surface area contributed by atoms with E-state index in [9.17, 15) is 9.59 Å². The van der Waals surface area contributed by atoms with Crippen molar-refractivity contribution in [3.8, 4) is 5.75 Å². The highest BCUT2D eigenvalue weighted by atomic mass is 16.6. The quantitative estimate of drug-likeness (QED) is 0.561. The average molecular weight is 418 g/mol. The number of hydrazine groups is 1. The van der Waals surface area contributed by atoms with Gasteiger partial charge >= 0.3 is 6.09 Å². The molecule has 7 heteroatoms. The minimum Gasteiger partial charge on any atom is -0.490 e. The topological polar surface area (TPSA) is 79.9 Å². The molecule has 1 heterocycles. The zero-order valence-corrected chi connectivity index (χ0v) is 19.0. The van der Waals surface area contributed by atoms with E-state index in [0.29, 0.717) is 13.1 Å². The first kappa shape index (κ1) is 23.6. The number of nitrogens with zero attached hydrogens (tertiary/aromatic N) is 1. The largest absolute Gasteiger partial charge is 0.490 e. The average Bonchev–Trinajstić information content (AvgIpc) is 2.64. The van der Waals surface area contributed by atoms with Gasteiger partial charge in [0.05, 0.1) is 0 Å². The van der Waals surface area contributed by atoms with Gasteiger partial charge in [-0.05, 0) is 37.8 Å². The van der Waals surface area contributed by atoms with Gasteiger partial charge in [0.2, 0.25) is 0 Å². The summed E-state index contributed by atoms with van der Waals surface area (Å²) in [5.74, 6) is 0.655. The van der Waals surface area contributed by atoms with Gasteiger partial charge in [0.25, 0.3) is 5.91 Å². The molecule has 1 aromatic carbocycles. The normalized spacial score (nSPS) is 15.3. The zero-order chi connectivity index (χ0) is 22.5. The van der Waals surface area contributed by atoms with E-state index in [2.05, 4.69) is 44.3 Å². The van der Waals surface area contributed by atoms with Crippen molar-refractivity contribution in [2.45, 2.75) is 71.5 Å². The van der Waals surface area contributed by atoms with Crippen molar-refractivity contribution in [1.82, 2.24) is 15.8 Å². The van der Waals surface area contributed by atoms with E-state index in [0.717, 1.165) is 18.6 Å². The van der Waals surface area contributed by atoms with E-state index in [-0.39, 0.29) is 23.1 Å². The van der Waals surface area contributed by atoms with Crippen molar-refractivity contribution in [3.63, 3.8) is 0 Å². The van der Waals surface area contributed by atoms with Crippen LogP contribution >= 0.6 is 0 Å². The Morgan fingerprint density at radius 3 is 2.20 bits per heavy atom. The minimum absolute atomic E-state index is 0.00217. The van der Waals surface area contributed by atoms with Crippen LogP contribution in [0, 0.1) is 0 Å². The van der Waals surface area contributed by atoms with Crippen molar-refractivity contribution >= 4 is 12.0 Å². The molecule has 0 spiro atoms. The molecule has 1 saturated heterocycles. The second-order valence-electron chi connectivity index (χ2n) is 9.59. The third kappa shape index (κ3) is 6.97. The Morgan fingerprint density at radius 1 is 1.03 bits per heavy atom. The van der Waals surface area contributed by atoms with Gasteiger partial charge in [0.15, 0.2) is 0 Å². The fourth-order valence-electron chi connectivity index (χ4n) is 3.22. The number of hydrogen-bond donors (Lipinski definition) is 2. The number of hydrogen-bond acceptors (Lipinski definition) is 5. The maximum absolute atomic E-state index is 12.6. The molecule has 0 saturated carbocycles. The van der Waals surface area contributed by atoms with Crippen LogP contribution < -0.4 is 15.6 Å². The van der Waals surface area contributed by atoms with Crippen LogP contribution in [0.1, 0.15) is 59.9 Å². The Bertz CT molecular complexity index is 769. The summed E-state index contributed by atoms with van der Waals surface area (Å²) in [4.78, 5) is 26.0. The summed E-state index contributed by atoms with van der Waals surface area (Å²) >= 11 is 0. The van der Waals surface area contributed by atoms with Gasteiger partial charge in [-0.2, -0.15) is 0 Å². The van der Waals surface area contributed by atoms with Gasteiger partial charge in [-0.3, -0.25) is 10.2 Å². The maximum atomic E-state index is 12.6. The molecule has 1 fully saturated rings. The van der Waals surface area contributed by atoms with Crippen molar-refractivity contribution in [1.29, 1.82) is 0 Å². The first-order chi connectivity index (χ1) is 13.9. The molecule has 1 aliphatic heterocycles. The van der Waals surface area contributed by atoms with Gasteiger partial charge in [0.1, 0.15) is 23.2 Å². The fourth-order valence-corrected chi connectivity index (χ4v) is 3.22. The Hall–Kier alpha value is -2.70. The third-order valence-electron chi connectivity index (χ3n) is 4.69. The number of amides is 2. The monoisotopic (exact) mass is 417 g/mol. The zero-order valence-electron chi connectivity index (χ0n) is 19.0. The number of ether oxygens (including phenoxy) is 2. The van der Waals surface area contributed by atoms with Gasteiger partial charge in [-0.25, -0.2) is 10.2 Å². The highest BCUT2D eigenvalue weighted by molar-refractivity contribution is 5.92. The van der Waals surface area contributed by atoms with E-state index < -0.39 is 11.7 Å². The minimum atomic E-state index is -0.666. The molecule has 30 heavy (non-hydrogen) atoms. The SMILES string of the molecule is C=C(NNC(=O)OC(C)(C)C)C(=O)N1CCC(Oc2ccccc2C(C)(C)C)CC1. The summed E-state index contributed by atoms with van der Waals surface area (Å²) in [6.07, 6.45) is 0.855. The summed E-state index contributed by atoms with van der Waals surface area (Å²) in [6, 6.07) is 8.11. The van der Waals surface area contributed by atoms with Gasteiger partial charge in [0, 0.05) is 25.9 Å². The number of benzene rings is 1. The van der Waals surface area contributed by atoms with E-state index >= 15 is 0 Å². The lowest BCUT2D eigenvalue weighted by Crippen LogP contribution is -2.47. The molecule has 0 radical (unpaired) electrons. The molecule has 0 aliphatic carbocycles. The van der Waals surface area contributed by atoms with Gasteiger partial charge in [-0.15, -0.1) is 0 Å². The van der Waals surface area contributed by atoms with Crippen molar-refractivity contribution < 1.29 is 19.1 Å². The van der Waals surface area contributed by atoms with Crippen LogP contribution in [0.3, 0.4) is 0 Å². The summed E-state index contributed by atoms with van der Waals surface area (Å²) in [7, 11) is 0. The summed E-state index contributed by atoms with van der Waals surface area (Å²) < 4.78 is 11.4. The maximum Gasteiger partial charge on any atom is 0.426 e. The molecule has 2 N–H and O–H groups in total. The lowest BCUT2D eigenvalue weighted by atomic mass is 9.86. The smallest absolute Gasteiger partial charge is 0.426 e. The Kier molecular flexibility index (Phi) is 7.39. The molecule has 7 nitrogen and oxygen atoms in total. The van der Waals surface area contributed by atoms with E-state index in [1.165, 1.54) is 5.56 Å². The van der Waals surface area contributed by atoms with Crippen LogP contribution in [-0.2, 0) is 14.9 Å². The second kappa shape index (κ2) is 9.41. The predicted molar refractivity (Wildman–Crippen MR) is 117 cm³/mol. The number of carbonyl (C=O) groups is 2. The number of nitrogens with one attached hydrogen (secondary N) is 2. The van der Waals surface area contributed by atoms with Crippen molar-refractivity contribution in [2.75, 3.05) is 13.1 Å². The lowest BCUT2D eigenvalue weighted by molar-refractivity contribution is -0.129. The third-order valence-corrected chi connectivity index (χ3v) is 4.69. The van der Waals surface area contributed by atoms with Crippen LogP contribution in [0.4, 0.5) is 4.79 Å². The summed E-state index contributed by atoms with van der Waals surface area (Å²) in [5.41, 5.74) is 5.52. The Labute approximate surface area is 179 Å². The molecule has 1 aliphatic rings.